The van der Waals surface area contributed by atoms with E-state index in [1.165, 1.54) is 35.0 Å². The Kier molecular flexibility index (Phi) is 6.21. The first kappa shape index (κ1) is 25.8. The van der Waals surface area contributed by atoms with Crippen molar-refractivity contribution in [3.05, 3.63) is 77.0 Å². The summed E-state index contributed by atoms with van der Waals surface area (Å²) in [5.41, 5.74) is -0.601. The highest BCUT2D eigenvalue weighted by Gasteiger charge is 2.35. The first-order valence-electron chi connectivity index (χ1n) is 11.4. The highest BCUT2D eigenvalue weighted by molar-refractivity contribution is 7.91. The van der Waals surface area contributed by atoms with Gasteiger partial charge in [-0.15, -0.1) is 0 Å². The van der Waals surface area contributed by atoms with E-state index in [2.05, 4.69) is 15.4 Å². The van der Waals surface area contributed by atoms with Gasteiger partial charge in [-0.3, -0.25) is 4.79 Å². The van der Waals surface area contributed by atoms with Crippen molar-refractivity contribution < 1.29 is 35.2 Å². The number of pyridine rings is 1. The van der Waals surface area contributed by atoms with Gasteiger partial charge >= 0.3 is 6.18 Å². The van der Waals surface area contributed by atoms with E-state index in [1.54, 1.807) is 6.92 Å². The summed E-state index contributed by atoms with van der Waals surface area (Å²) >= 11 is 0. The second-order valence-corrected chi connectivity index (χ2v) is 11.2. The van der Waals surface area contributed by atoms with E-state index in [0.29, 0.717) is 29.8 Å². The van der Waals surface area contributed by atoms with Gasteiger partial charge in [0, 0.05) is 11.3 Å². The number of fused-ring (bicyclic) bond motifs is 1. The quantitative estimate of drug-likeness (QED) is 0.348. The monoisotopic (exact) mass is 550 g/mol. The molecule has 1 amide bonds. The number of amides is 1. The Hall–Kier alpha value is -3.87. The average Bonchev–Trinajstić information content (AvgIpc) is 3.38. The molecule has 0 spiro atoms. The fraction of sp³-hybridized carbons (Fsp3) is 0.240. The number of anilines is 1. The summed E-state index contributed by atoms with van der Waals surface area (Å²) in [4.78, 5) is 18.0. The van der Waals surface area contributed by atoms with Crippen LogP contribution in [0, 0.1) is 18.6 Å². The molecule has 13 heteroatoms. The van der Waals surface area contributed by atoms with Crippen LogP contribution in [0.5, 0.6) is 0 Å². The normalized spacial score (nSPS) is 17.2. The predicted octanol–water partition coefficient (Wildman–Crippen LogP) is 5.32. The molecule has 2 aromatic carbocycles. The van der Waals surface area contributed by atoms with Crippen LogP contribution in [0.15, 0.2) is 48.5 Å². The summed E-state index contributed by atoms with van der Waals surface area (Å²) in [7, 11) is -3.29. The van der Waals surface area contributed by atoms with Crippen molar-refractivity contribution in [2.75, 3.05) is 16.8 Å². The Morgan fingerprint density at radius 3 is 2.42 bits per heavy atom. The zero-order valence-electron chi connectivity index (χ0n) is 19.7. The number of hydrogen-bond donors (Lipinski definition) is 1. The second kappa shape index (κ2) is 9.15. The van der Waals surface area contributed by atoms with Gasteiger partial charge in [-0.1, -0.05) is 0 Å². The van der Waals surface area contributed by atoms with E-state index in [1.807, 2.05) is 0 Å². The maximum atomic E-state index is 13.7. The molecule has 0 bridgehead atoms. The number of sulfone groups is 1. The van der Waals surface area contributed by atoms with Crippen LogP contribution in [-0.2, 0) is 16.0 Å². The summed E-state index contributed by atoms with van der Waals surface area (Å²) in [6.07, 6.45) is -4.68. The van der Waals surface area contributed by atoms with Crippen molar-refractivity contribution in [3.8, 4) is 11.3 Å². The van der Waals surface area contributed by atoms with Crippen LogP contribution in [-0.4, -0.2) is 40.6 Å². The van der Waals surface area contributed by atoms with Crippen LogP contribution in [0.3, 0.4) is 0 Å². The van der Waals surface area contributed by atoms with Gasteiger partial charge in [0.2, 0.25) is 0 Å². The third kappa shape index (κ3) is 4.85. The molecule has 4 aromatic rings. The molecule has 0 radical (unpaired) electrons. The number of carbonyl (C=O) groups excluding carboxylic acids is 1. The number of alkyl halides is 3. The molecule has 1 fully saturated rings. The number of nitrogens with one attached hydrogen (secondary N) is 1. The fourth-order valence-electron chi connectivity index (χ4n) is 4.50. The van der Waals surface area contributed by atoms with E-state index in [4.69, 9.17) is 0 Å². The number of nitrogens with zero attached hydrogens (tertiary/aromatic N) is 3. The maximum Gasteiger partial charge on any atom is 0.419 e. The fourth-order valence-corrected chi connectivity index (χ4v) is 6.19. The molecule has 2 aromatic heterocycles. The van der Waals surface area contributed by atoms with Crippen LogP contribution in [0.2, 0.25) is 0 Å². The van der Waals surface area contributed by atoms with Gasteiger partial charge in [0.05, 0.1) is 45.4 Å². The van der Waals surface area contributed by atoms with Gasteiger partial charge < -0.3 is 5.32 Å². The van der Waals surface area contributed by atoms with Crippen LogP contribution < -0.4 is 5.32 Å². The smallest absolute Gasteiger partial charge is 0.322 e. The molecule has 5 rings (SSSR count). The Morgan fingerprint density at radius 2 is 1.79 bits per heavy atom. The van der Waals surface area contributed by atoms with Crippen molar-refractivity contribution >= 4 is 32.5 Å². The van der Waals surface area contributed by atoms with E-state index >= 15 is 0 Å². The van der Waals surface area contributed by atoms with Crippen LogP contribution in [0.4, 0.5) is 27.6 Å². The Morgan fingerprint density at radius 1 is 1.08 bits per heavy atom. The number of benzene rings is 2. The number of aryl methyl sites for hydroxylation is 1. The van der Waals surface area contributed by atoms with Gasteiger partial charge in [-0.05, 0) is 61.9 Å². The largest absolute Gasteiger partial charge is 0.419 e. The number of carbonyl (C=O) groups is 1. The molecule has 38 heavy (non-hydrogen) atoms. The first-order chi connectivity index (χ1) is 17.8. The second-order valence-electron chi connectivity index (χ2n) is 8.99. The summed E-state index contributed by atoms with van der Waals surface area (Å²) in [5, 5.41) is 7.09. The highest BCUT2D eigenvalue weighted by Crippen LogP contribution is 2.35. The summed E-state index contributed by atoms with van der Waals surface area (Å²) < 4.78 is 92.5. The number of halogens is 5. The molecule has 1 saturated heterocycles. The highest BCUT2D eigenvalue weighted by atomic mass is 32.2. The topological polar surface area (TPSA) is 93.9 Å². The molecule has 198 valence electrons. The molecular formula is C25H19F5N4O3S. The van der Waals surface area contributed by atoms with Gasteiger partial charge in [0.1, 0.15) is 11.6 Å². The van der Waals surface area contributed by atoms with Crippen LogP contribution in [0.25, 0.3) is 22.3 Å². The van der Waals surface area contributed by atoms with Crippen LogP contribution >= 0.6 is 0 Å². The summed E-state index contributed by atoms with van der Waals surface area (Å²) in [5.74, 6) is -2.99. The van der Waals surface area contributed by atoms with Gasteiger partial charge in [-0.2, -0.15) is 18.3 Å². The lowest BCUT2D eigenvalue weighted by Gasteiger charge is -2.13. The minimum Gasteiger partial charge on any atom is -0.322 e. The summed E-state index contributed by atoms with van der Waals surface area (Å²) in [6, 6.07) is 8.23. The molecule has 0 saturated carbocycles. The Labute approximate surface area is 213 Å². The number of aromatic nitrogens is 3. The minimum atomic E-state index is -4.97. The van der Waals surface area contributed by atoms with Gasteiger partial charge in [-0.25, -0.2) is 26.9 Å². The minimum absolute atomic E-state index is 0.00295. The molecule has 1 N–H and O–H groups in total. The van der Waals surface area contributed by atoms with E-state index in [0.717, 1.165) is 6.07 Å². The average molecular weight is 551 g/mol. The molecular weight excluding hydrogens is 531 g/mol. The lowest BCUT2D eigenvalue weighted by molar-refractivity contribution is -0.139. The zero-order chi connectivity index (χ0) is 27.4. The molecule has 1 aliphatic rings. The van der Waals surface area contributed by atoms with Crippen molar-refractivity contribution in [1.29, 1.82) is 0 Å². The third-order valence-corrected chi connectivity index (χ3v) is 8.06. The van der Waals surface area contributed by atoms with E-state index in [9.17, 15) is 35.2 Å². The lowest BCUT2D eigenvalue weighted by atomic mass is 10.0. The summed E-state index contributed by atoms with van der Waals surface area (Å²) in [6.45, 7) is 1.60. The molecule has 1 aliphatic heterocycles. The van der Waals surface area contributed by atoms with Crippen LogP contribution in [0.1, 0.15) is 34.1 Å². The van der Waals surface area contributed by atoms with Crippen molar-refractivity contribution in [1.82, 2.24) is 14.8 Å². The Balaban J connectivity index is 1.65. The first-order valence-corrected chi connectivity index (χ1v) is 13.2. The third-order valence-electron chi connectivity index (χ3n) is 6.31. The number of hydrogen-bond acceptors (Lipinski definition) is 5. The molecule has 0 aliphatic carbocycles. The maximum absolute atomic E-state index is 13.7. The molecule has 1 unspecified atom stereocenters. The van der Waals surface area contributed by atoms with Gasteiger partial charge in [0.25, 0.3) is 5.91 Å². The predicted molar refractivity (Wildman–Crippen MR) is 129 cm³/mol. The van der Waals surface area contributed by atoms with Crippen molar-refractivity contribution in [2.24, 2.45) is 0 Å². The Bertz CT molecular complexity index is 1680. The van der Waals surface area contributed by atoms with Crippen molar-refractivity contribution in [3.63, 3.8) is 0 Å². The zero-order valence-corrected chi connectivity index (χ0v) is 20.5. The standard InChI is InChI=1S/C25H19F5N4O3S/c1-13-22-18(24(35)31-16-6-7-20(27)19(10-16)25(28,29)30)11-21(14-2-4-15(26)5-3-14)32-23(22)34(33-13)17-8-9-38(36,37)12-17/h2-7,10-11,17H,8-9,12H2,1H3,(H,31,35). The van der Waals surface area contributed by atoms with E-state index < -0.39 is 45.2 Å². The molecule has 7 nitrogen and oxygen atoms in total. The van der Waals surface area contributed by atoms with E-state index in [-0.39, 0.29) is 39.5 Å². The lowest BCUT2D eigenvalue weighted by Crippen LogP contribution is -2.16. The number of rotatable bonds is 4. The molecule has 1 atom stereocenters. The van der Waals surface area contributed by atoms with Gasteiger partial charge in [0.15, 0.2) is 15.5 Å². The van der Waals surface area contributed by atoms with Crippen molar-refractivity contribution in [2.45, 2.75) is 25.6 Å². The molecule has 3 heterocycles. The SMILES string of the molecule is Cc1nn(C2CCS(=O)(=O)C2)c2nc(-c3ccc(F)cc3)cc(C(=O)Nc3ccc(F)c(C(F)(F)F)c3)c12.